The Morgan fingerprint density at radius 3 is 2.66 bits per heavy atom. The lowest BCUT2D eigenvalue weighted by molar-refractivity contribution is -0.137. The van der Waals surface area contributed by atoms with E-state index in [1.807, 2.05) is 12.1 Å². The molecule has 1 saturated heterocycles. The molecule has 2 aliphatic rings. The maximum atomic E-state index is 11.8. The van der Waals surface area contributed by atoms with E-state index in [4.69, 9.17) is 9.47 Å². The molecule has 2 heterocycles. The molecular formula is C25H27NO3. The number of nitrogens with zero attached hydrogens (tertiary/aromatic N) is 1. The third kappa shape index (κ3) is 4.13. The van der Waals surface area contributed by atoms with Crippen LogP contribution >= 0.6 is 0 Å². The van der Waals surface area contributed by atoms with Gasteiger partial charge in [0.2, 0.25) is 0 Å². The van der Waals surface area contributed by atoms with Crippen LogP contribution in [0.15, 0.2) is 54.1 Å². The average Bonchev–Trinajstić information content (AvgIpc) is 2.90. The fourth-order valence-corrected chi connectivity index (χ4v) is 4.10. The van der Waals surface area contributed by atoms with Crippen LogP contribution in [0.3, 0.4) is 0 Å². The Morgan fingerprint density at radius 2 is 1.86 bits per heavy atom. The van der Waals surface area contributed by atoms with Gasteiger partial charge in [-0.1, -0.05) is 48.0 Å². The number of para-hydroxylation sites is 1. The zero-order chi connectivity index (χ0) is 20.2. The van der Waals surface area contributed by atoms with Crippen LogP contribution in [-0.4, -0.2) is 37.6 Å². The zero-order valence-corrected chi connectivity index (χ0v) is 17.1. The molecule has 0 aromatic heterocycles. The fraction of sp³-hybridized carbons (Fsp3) is 0.320. The van der Waals surface area contributed by atoms with E-state index in [1.54, 1.807) is 13.0 Å². The first-order valence-electron chi connectivity index (χ1n) is 10.3. The molecule has 0 atom stereocenters. The Bertz CT molecular complexity index is 964. The molecule has 2 aliphatic heterocycles. The maximum Gasteiger partial charge on any atom is 0.330 e. The van der Waals surface area contributed by atoms with Gasteiger partial charge in [-0.25, -0.2) is 4.79 Å². The minimum Gasteiger partial charge on any atom is -0.488 e. The highest BCUT2D eigenvalue weighted by molar-refractivity contribution is 5.91. The number of piperidine rings is 1. The first-order valence-corrected chi connectivity index (χ1v) is 10.3. The van der Waals surface area contributed by atoms with Crippen molar-refractivity contribution in [3.63, 3.8) is 0 Å². The second kappa shape index (κ2) is 8.66. The van der Waals surface area contributed by atoms with Gasteiger partial charge in [-0.05, 0) is 49.6 Å². The van der Waals surface area contributed by atoms with Crippen molar-refractivity contribution < 1.29 is 14.3 Å². The number of rotatable bonds is 3. The molecule has 0 N–H and O–H groups in total. The van der Waals surface area contributed by atoms with Gasteiger partial charge in [-0.3, -0.25) is 0 Å². The number of benzene rings is 2. The normalized spacial score (nSPS) is 16.8. The molecule has 0 radical (unpaired) electrons. The lowest BCUT2D eigenvalue weighted by Crippen LogP contribution is -2.27. The van der Waals surface area contributed by atoms with Crippen LogP contribution in [0, 0.1) is 0 Å². The number of fused-ring (bicyclic) bond motifs is 2. The van der Waals surface area contributed by atoms with Gasteiger partial charge in [0, 0.05) is 30.3 Å². The number of hydrogen-bond donors (Lipinski definition) is 0. The largest absolute Gasteiger partial charge is 0.488 e. The number of carbonyl (C=O) groups is 1. The van der Waals surface area contributed by atoms with Crippen LogP contribution in [0.25, 0.3) is 11.6 Å². The van der Waals surface area contributed by atoms with Crippen molar-refractivity contribution >= 4 is 17.6 Å². The van der Waals surface area contributed by atoms with Gasteiger partial charge in [-0.2, -0.15) is 0 Å². The van der Waals surface area contributed by atoms with Gasteiger partial charge in [-0.15, -0.1) is 0 Å². The summed E-state index contributed by atoms with van der Waals surface area (Å²) in [6, 6.07) is 14.7. The Morgan fingerprint density at radius 1 is 1.10 bits per heavy atom. The summed E-state index contributed by atoms with van der Waals surface area (Å²) in [4.78, 5) is 14.2. The van der Waals surface area contributed by atoms with E-state index in [0.717, 1.165) is 42.8 Å². The summed E-state index contributed by atoms with van der Waals surface area (Å²) >= 11 is 0. The summed E-state index contributed by atoms with van der Waals surface area (Å²) in [5.41, 5.74) is 7.25. The standard InChI is InChI=1S/C25H27NO3/c1-3-28-23(27)12-11-19-8-6-10-22-24(18-13-15-26(2)16-14-18)21-9-5-4-7-20(21)17-29-25(19)22/h4-12H,3,13-17H2,1-2H3. The molecule has 2 aromatic carbocycles. The zero-order valence-electron chi connectivity index (χ0n) is 17.1. The van der Waals surface area contributed by atoms with Gasteiger partial charge in [0.25, 0.3) is 0 Å². The van der Waals surface area contributed by atoms with E-state index in [9.17, 15) is 4.79 Å². The van der Waals surface area contributed by atoms with Gasteiger partial charge < -0.3 is 14.4 Å². The van der Waals surface area contributed by atoms with Gasteiger partial charge in [0.1, 0.15) is 12.4 Å². The number of carbonyl (C=O) groups excluding carboxylic acids is 1. The Labute approximate surface area is 172 Å². The number of esters is 1. The summed E-state index contributed by atoms with van der Waals surface area (Å²) in [5.74, 6) is 0.501. The van der Waals surface area contributed by atoms with E-state index >= 15 is 0 Å². The highest BCUT2D eigenvalue weighted by Crippen LogP contribution is 2.42. The van der Waals surface area contributed by atoms with Crippen molar-refractivity contribution in [2.24, 2.45) is 0 Å². The molecule has 0 saturated carbocycles. The summed E-state index contributed by atoms with van der Waals surface area (Å²) in [5, 5.41) is 0. The average molecular weight is 389 g/mol. The molecule has 4 rings (SSSR count). The summed E-state index contributed by atoms with van der Waals surface area (Å²) in [6.07, 6.45) is 5.39. The summed E-state index contributed by atoms with van der Waals surface area (Å²) in [6.45, 7) is 4.83. The Balaban J connectivity index is 1.84. The van der Waals surface area contributed by atoms with Crippen molar-refractivity contribution in [3.05, 3.63) is 76.4 Å². The smallest absolute Gasteiger partial charge is 0.330 e. The monoisotopic (exact) mass is 389 g/mol. The van der Waals surface area contributed by atoms with E-state index in [0.29, 0.717) is 13.2 Å². The number of ether oxygens (including phenoxy) is 2. The fourth-order valence-electron chi connectivity index (χ4n) is 4.10. The molecule has 0 amide bonds. The van der Waals surface area contributed by atoms with E-state index in [2.05, 4.69) is 42.3 Å². The third-order valence-corrected chi connectivity index (χ3v) is 5.60. The first kappa shape index (κ1) is 19.5. The maximum absolute atomic E-state index is 11.8. The van der Waals surface area contributed by atoms with E-state index in [-0.39, 0.29) is 5.97 Å². The molecular weight excluding hydrogens is 362 g/mol. The van der Waals surface area contributed by atoms with E-state index in [1.165, 1.54) is 28.3 Å². The minimum atomic E-state index is -0.337. The van der Waals surface area contributed by atoms with E-state index < -0.39 is 0 Å². The minimum absolute atomic E-state index is 0.337. The second-order valence-corrected chi connectivity index (χ2v) is 7.54. The number of hydrogen-bond acceptors (Lipinski definition) is 4. The van der Waals surface area contributed by atoms with Crippen LogP contribution in [-0.2, 0) is 16.1 Å². The SMILES string of the molecule is CCOC(=O)C=Cc1cccc2c1OCc1ccccc1C2=C1CCN(C)CC1. The highest BCUT2D eigenvalue weighted by Gasteiger charge is 2.25. The van der Waals surface area contributed by atoms with Crippen molar-refractivity contribution in [2.45, 2.75) is 26.4 Å². The van der Waals surface area contributed by atoms with Crippen LogP contribution in [0.5, 0.6) is 5.75 Å². The van der Waals surface area contributed by atoms with Crippen LogP contribution in [0.4, 0.5) is 0 Å². The lowest BCUT2D eigenvalue weighted by Gasteiger charge is -2.27. The summed E-state index contributed by atoms with van der Waals surface area (Å²) < 4.78 is 11.3. The molecule has 0 spiro atoms. The van der Waals surface area contributed by atoms with Crippen LogP contribution < -0.4 is 4.74 Å². The predicted molar refractivity (Wildman–Crippen MR) is 116 cm³/mol. The van der Waals surface area contributed by atoms with Crippen molar-refractivity contribution in [1.29, 1.82) is 0 Å². The predicted octanol–water partition coefficient (Wildman–Crippen LogP) is 4.68. The molecule has 4 nitrogen and oxygen atoms in total. The van der Waals surface area contributed by atoms with Crippen molar-refractivity contribution in [1.82, 2.24) is 4.90 Å². The Hall–Kier alpha value is -2.85. The molecule has 2 aromatic rings. The first-order chi connectivity index (χ1) is 14.2. The topological polar surface area (TPSA) is 38.8 Å². The number of likely N-dealkylation sites (tertiary alicyclic amines) is 1. The molecule has 0 aliphatic carbocycles. The summed E-state index contributed by atoms with van der Waals surface area (Å²) in [7, 11) is 2.18. The van der Waals surface area contributed by atoms with Crippen LogP contribution in [0.1, 0.15) is 42.0 Å². The van der Waals surface area contributed by atoms with Gasteiger partial charge in [0.15, 0.2) is 0 Å². The van der Waals surface area contributed by atoms with Gasteiger partial charge in [0.05, 0.1) is 6.61 Å². The molecule has 150 valence electrons. The van der Waals surface area contributed by atoms with Crippen molar-refractivity contribution in [3.8, 4) is 5.75 Å². The quantitative estimate of drug-likeness (QED) is 0.564. The van der Waals surface area contributed by atoms with Crippen LogP contribution in [0.2, 0.25) is 0 Å². The molecule has 29 heavy (non-hydrogen) atoms. The molecule has 4 heteroatoms. The second-order valence-electron chi connectivity index (χ2n) is 7.54. The van der Waals surface area contributed by atoms with Gasteiger partial charge >= 0.3 is 5.97 Å². The molecule has 1 fully saturated rings. The highest BCUT2D eigenvalue weighted by atomic mass is 16.5. The van der Waals surface area contributed by atoms with Crippen molar-refractivity contribution in [2.75, 3.05) is 26.7 Å². The molecule has 0 unspecified atom stereocenters. The third-order valence-electron chi connectivity index (χ3n) is 5.60. The lowest BCUT2D eigenvalue weighted by atomic mass is 9.86. The molecule has 0 bridgehead atoms. The Kier molecular flexibility index (Phi) is 5.81.